The number of rotatable bonds is 6. The number of nitrogens with one attached hydrogen (secondary N) is 1. The van der Waals surface area contributed by atoms with Gasteiger partial charge in [-0.15, -0.1) is 11.8 Å². The molecule has 0 radical (unpaired) electrons. The summed E-state index contributed by atoms with van der Waals surface area (Å²) in [6, 6.07) is 5.99. The van der Waals surface area contributed by atoms with Gasteiger partial charge in [0.05, 0.1) is 6.61 Å². The maximum absolute atomic E-state index is 5.93. The summed E-state index contributed by atoms with van der Waals surface area (Å²) in [7, 11) is 1.71. The number of hydrogen-bond acceptors (Lipinski definition) is 3. The van der Waals surface area contributed by atoms with Gasteiger partial charge in [-0.1, -0.05) is 17.7 Å². The summed E-state index contributed by atoms with van der Waals surface area (Å²) in [6.07, 6.45) is 2.06. The van der Waals surface area contributed by atoms with E-state index in [4.69, 9.17) is 16.3 Å². The van der Waals surface area contributed by atoms with Crippen LogP contribution in [0.5, 0.6) is 0 Å². The molecule has 0 aliphatic carbocycles. The third kappa shape index (κ3) is 4.43. The molecule has 0 heterocycles. The molecular formula is C11H16ClNOS. The number of ether oxygens (including phenoxy) is 1. The van der Waals surface area contributed by atoms with Crippen LogP contribution < -0.4 is 5.32 Å². The van der Waals surface area contributed by atoms with Crippen molar-refractivity contribution >= 4 is 23.4 Å². The second-order valence-electron chi connectivity index (χ2n) is 3.13. The number of halogens is 1. The zero-order chi connectivity index (χ0) is 11.1. The van der Waals surface area contributed by atoms with Crippen molar-refractivity contribution in [3.63, 3.8) is 0 Å². The summed E-state index contributed by atoms with van der Waals surface area (Å²) in [5.41, 5.74) is 1.28. The Morgan fingerprint density at radius 3 is 2.93 bits per heavy atom. The lowest BCUT2D eigenvalue weighted by Gasteiger charge is -2.08. The van der Waals surface area contributed by atoms with Crippen molar-refractivity contribution < 1.29 is 4.74 Å². The van der Waals surface area contributed by atoms with Crippen LogP contribution >= 0.6 is 23.4 Å². The Morgan fingerprint density at radius 2 is 2.27 bits per heavy atom. The molecule has 0 atom stereocenters. The van der Waals surface area contributed by atoms with Crippen LogP contribution in [0.25, 0.3) is 0 Å². The topological polar surface area (TPSA) is 21.3 Å². The SMILES string of the molecule is COCCNCc1ccc(Cl)cc1SC. The lowest BCUT2D eigenvalue weighted by Crippen LogP contribution is -2.18. The molecule has 0 amide bonds. The summed E-state index contributed by atoms with van der Waals surface area (Å²) in [6.45, 7) is 2.46. The lowest BCUT2D eigenvalue weighted by molar-refractivity contribution is 0.199. The first-order valence-corrected chi connectivity index (χ1v) is 6.40. The lowest BCUT2D eigenvalue weighted by atomic mass is 10.2. The van der Waals surface area contributed by atoms with Crippen molar-refractivity contribution in [3.05, 3.63) is 28.8 Å². The zero-order valence-corrected chi connectivity index (χ0v) is 10.6. The highest BCUT2D eigenvalue weighted by molar-refractivity contribution is 7.98. The molecule has 84 valence electrons. The summed E-state index contributed by atoms with van der Waals surface area (Å²) >= 11 is 7.64. The van der Waals surface area contributed by atoms with Crippen molar-refractivity contribution in [2.75, 3.05) is 26.5 Å². The summed E-state index contributed by atoms with van der Waals surface area (Å²) < 4.78 is 4.97. The van der Waals surface area contributed by atoms with Gasteiger partial charge in [0.25, 0.3) is 0 Å². The fraction of sp³-hybridized carbons (Fsp3) is 0.455. The molecule has 0 bridgehead atoms. The van der Waals surface area contributed by atoms with Gasteiger partial charge in [-0.3, -0.25) is 0 Å². The van der Waals surface area contributed by atoms with E-state index in [1.54, 1.807) is 18.9 Å². The van der Waals surface area contributed by atoms with Gasteiger partial charge in [0.15, 0.2) is 0 Å². The Labute approximate surface area is 100 Å². The molecule has 15 heavy (non-hydrogen) atoms. The fourth-order valence-corrected chi connectivity index (χ4v) is 2.15. The van der Waals surface area contributed by atoms with Crippen LogP contribution in [0.2, 0.25) is 5.02 Å². The van der Waals surface area contributed by atoms with E-state index in [2.05, 4.69) is 17.6 Å². The first-order valence-electron chi connectivity index (χ1n) is 4.80. The van der Waals surface area contributed by atoms with Crippen LogP contribution in [-0.2, 0) is 11.3 Å². The maximum Gasteiger partial charge on any atom is 0.0587 e. The van der Waals surface area contributed by atoms with Gasteiger partial charge in [0.1, 0.15) is 0 Å². The Kier molecular flexibility index (Phi) is 6.10. The summed E-state index contributed by atoms with van der Waals surface area (Å²) in [5, 5.41) is 4.11. The van der Waals surface area contributed by atoms with E-state index >= 15 is 0 Å². The average molecular weight is 246 g/mol. The molecule has 1 N–H and O–H groups in total. The van der Waals surface area contributed by atoms with E-state index < -0.39 is 0 Å². The van der Waals surface area contributed by atoms with Gasteiger partial charge in [-0.05, 0) is 24.0 Å². The monoisotopic (exact) mass is 245 g/mol. The normalized spacial score (nSPS) is 10.6. The molecule has 0 unspecified atom stereocenters. The molecule has 1 rings (SSSR count). The Hall–Kier alpha value is -0.220. The molecule has 0 saturated carbocycles. The van der Waals surface area contributed by atoms with E-state index in [1.807, 2.05) is 12.1 Å². The van der Waals surface area contributed by atoms with Crippen molar-refractivity contribution in [1.29, 1.82) is 0 Å². The minimum atomic E-state index is 0.738. The molecule has 4 heteroatoms. The van der Waals surface area contributed by atoms with Gasteiger partial charge < -0.3 is 10.1 Å². The zero-order valence-electron chi connectivity index (χ0n) is 9.05. The predicted molar refractivity (Wildman–Crippen MR) is 66.8 cm³/mol. The van der Waals surface area contributed by atoms with Gasteiger partial charge >= 0.3 is 0 Å². The molecule has 1 aromatic rings. The molecule has 0 fully saturated rings. The number of hydrogen-bond donors (Lipinski definition) is 1. The third-order valence-corrected chi connectivity index (χ3v) is 3.10. The van der Waals surface area contributed by atoms with E-state index in [9.17, 15) is 0 Å². The smallest absolute Gasteiger partial charge is 0.0587 e. The first kappa shape index (κ1) is 12.8. The van der Waals surface area contributed by atoms with Crippen LogP contribution in [0.1, 0.15) is 5.56 Å². The average Bonchev–Trinajstić information content (AvgIpc) is 2.26. The highest BCUT2D eigenvalue weighted by Gasteiger charge is 2.01. The van der Waals surface area contributed by atoms with Crippen molar-refractivity contribution in [1.82, 2.24) is 5.32 Å². The van der Waals surface area contributed by atoms with Crippen LogP contribution in [0.4, 0.5) is 0 Å². The van der Waals surface area contributed by atoms with Crippen molar-refractivity contribution in [3.8, 4) is 0 Å². The molecule has 0 aromatic heterocycles. The molecule has 0 aliphatic rings. The molecular weight excluding hydrogens is 230 g/mol. The largest absolute Gasteiger partial charge is 0.383 e. The van der Waals surface area contributed by atoms with E-state index in [0.29, 0.717) is 0 Å². The third-order valence-electron chi connectivity index (χ3n) is 2.05. The van der Waals surface area contributed by atoms with E-state index in [0.717, 1.165) is 24.7 Å². The van der Waals surface area contributed by atoms with Crippen LogP contribution in [0, 0.1) is 0 Å². The second-order valence-corrected chi connectivity index (χ2v) is 4.41. The Morgan fingerprint density at radius 1 is 1.47 bits per heavy atom. The Balaban J connectivity index is 2.52. The molecule has 0 saturated heterocycles. The van der Waals surface area contributed by atoms with Crippen molar-refractivity contribution in [2.24, 2.45) is 0 Å². The summed E-state index contributed by atoms with van der Waals surface area (Å²) in [5.74, 6) is 0. The molecule has 0 spiro atoms. The molecule has 2 nitrogen and oxygen atoms in total. The molecule has 1 aromatic carbocycles. The number of methoxy groups -OCH3 is 1. The van der Waals surface area contributed by atoms with Crippen LogP contribution in [0.3, 0.4) is 0 Å². The van der Waals surface area contributed by atoms with Gasteiger partial charge in [-0.25, -0.2) is 0 Å². The number of benzene rings is 1. The van der Waals surface area contributed by atoms with Gasteiger partial charge in [0, 0.05) is 30.1 Å². The second kappa shape index (κ2) is 7.12. The highest BCUT2D eigenvalue weighted by Crippen LogP contribution is 2.24. The maximum atomic E-state index is 5.93. The standard InChI is InChI=1S/C11H16ClNOS/c1-14-6-5-13-8-9-3-4-10(12)7-11(9)15-2/h3-4,7,13H,5-6,8H2,1-2H3. The highest BCUT2D eigenvalue weighted by atomic mass is 35.5. The van der Waals surface area contributed by atoms with E-state index in [1.165, 1.54) is 10.5 Å². The van der Waals surface area contributed by atoms with Crippen LogP contribution in [-0.4, -0.2) is 26.5 Å². The van der Waals surface area contributed by atoms with Gasteiger partial charge in [0.2, 0.25) is 0 Å². The van der Waals surface area contributed by atoms with Gasteiger partial charge in [-0.2, -0.15) is 0 Å². The predicted octanol–water partition coefficient (Wildman–Crippen LogP) is 2.80. The van der Waals surface area contributed by atoms with Crippen LogP contribution in [0.15, 0.2) is 23.1 Å². The minimum absolute atomic E-state index is 0.738. The Bertz CT molecular complexity index is 307. The van der Waals surface area contributed by atoms with E-state index in [-0.39, 0.29) is 0 Å². The fourth-order valence-electron chi connectivity index (χ4n) is 1.26. The first-order chi connectivity index (χ1) is 7.27. The quantitative estimate of drug-likeness (QED) is 0.615. The molecule has 0 aliphatic heterocycles. The number of thioether (sulfide) groups is 1. The van der Waals surface area contributed by atoms with Crippen molar-refractivity contribution in [2.45, 2.75) is 11.4 Å². The minimum Gasteiger partial charge on any atom is -0.383 e. The summed E-state index contributed by atoms with van der Waals surface area (Å²) in [4.78, 5) is 1.23.